The number of nitrogens with zero attached hydrogens (tertiary/aromatic N) is 1. The van der Waals surface area contributed by atoms with Crippen LogP contribution in [-0.4, -0.2) is 22.7 Å². The van der Waals surface area contributed by atoms with Crippen molar-refractivity contribution < 1.29 is 24.4 Å². The summed E-state index contributed by atoms with van der Waals surface area (Å²) in [4.78, 5) is 44.8. The molecule has 2 aromatic rings. The molecule has 0 saturated heterocycles. The Bertz CT molecular complexity index is 879. The number of carbonyl (C=O) groups is 3. The molecule has 0 heterocycles. The number of amides is 2. The summed E-state index contributed by atoms with van der Waals surface area (Å²) in [6.07, 6.45) is -0.545. The summed E-state index contributed by atoms with van der Waals surface area (Å²) in [7, 11) is 0. The molecular formula is C18H16N3O6-. The van der Waals surface area contributed by atoms with Crippen molar-refractivity contribution in [3.8, 4) is 0 Å². The van der Waals surface area contributed by atoms with Crippen LogP contribution in [0.25, 0.3) is 0 Å². The van der Waals surface area contributed by atoms with Crippen molar-refractivity contribution in [3.63, 3.8) is 0 Å². The fourth-order valence-electron chi connectivity index (χ4n) is 2.42. The molecule has 2 rings (SSSR count). The summed E-state index contributed by atoms with van der Waals surface area (Å²) in [6, 6.07) is 10.3. The second-order valence-electron chi connectivity index (χ2n) is 5.71. The second kappa shape index (κ2) is 8.56. The third-order valence-corrected chi connectivity index (χ3v) is 3.63. The molecule has 0 aliphatic heterocycles. The monoisotopic (exact) mass is 370 g/mol. The molecule has 1 atom stereocenters. The Balaban J connectivity index is 2.21. The van der Waals surface area contributed by atoms with E-state index in [1.807, 2.05) is 0 Å². The summed E-state index contributed by atoms with van der Waals surface area (Å²) in [5, 5.41) is 27.0. The molecule has 0 saturated carbocycles. The van der Waals surface area contributed by atoms with Gasteiger partial charge in [-0.2, -0.15) is 0 Å². The van der Waals surface area contributed by atoms with E-state index in [1.54, 1.807) is 0 Å². The van der Waals surface area contributed by atoms with Crippen LogP contribution in [-0.2, 0) is 9.59 Å². The topological polar surface area (TPSA) is 141 Å². The molecular weight excluding hydrogens is 354 g/mol. The maximum absolute atomic E-state index is 12.4. The van der Waals surface area contributed by atoms with Crippen LogP contribution in [0.5, 0.6) is 0 Å². The first kappa shape index (κ1) is 19.6. The molecule has 2 amide bonds. The van der Waals surface area contributed by atoms with Crippen molar-refractivity contribution in [1.82, 2.24) is 5.32 Å². The third-order valence-electron chi connectivity index (χ3n) is 3.63. The molecule has 0 radical (unpaired) electrons. The highest BCUT2D eigenvalue weighted by molar-refractivity contribution is 5.96. The second-order valence-corrected chi connectivity index (χ2v) is 5.71. The van der Waals surface area contributed by atoms with E-state index in [2.05, 4.69) is 10.6 Å². The first-order chi connectivity index (χ1) is 12.8. The minimum Gasteiger partial charge on any atom is -0.550 e. The SMILES string of the molecule is CC(=O)Nc1ccc(C(=O)N[C@H](CC(=O)[O-])c2cccc([N+](=O)[O-])c2)cc1. The molecule has 0 fully saturated rings. The Morgan fingerprint density at radius 2 is 1.78 bits per heavy atom. The number of nitrogens with one attached hydrogen (secondary N) is 2. The highest BCUT2D eigenvalue weighted by Gasteiger charge is 2.18. The van der Waals surface area contributed by atoms with Gasteiger partial charge in [-0.25, -0.2) is 0 Å². The highest BCUT2D eigenvalue weighted by atomic mass is 16.6. The molecule has 9 nitrogen and oxygen atoms in total. The van der Waals surface area contributed by atoms with Gasteiger partial charge in [-0.15, -0.1) is 0 Å². The largest absolute Gasteiger partial charge is 0.550 e. The number of rotatable bonds is 7. The number of hydrogen-bond acceptors (Lipinski definition) is 6. The maximum atomic E-state index is 12.4. The van der Waals surface area contributed by atoms with Crippen LogP contribution >= 0.6 is 0 Å². The molecule has 0 spiro atoms. The van der Waals surface area contributed by atoms with Gasteiger partial charge in [0.25, 0.3) is 11.6 Å². The summed E-state index contributed by atoms with van der Waals surface area (Å²) in [6.45, 7) is 1.35. The first-order valence-corrected chi connectivity index (χ1v) is 7.89. The van der Waals surface area contributed by atoms with Gasteiger partial charge in [0.15, 0.2) is 0 Å². The van der Waals surface area contributed by atoms with Crippen molar-refractivity contribution >= 4 is 29.2 Å². The fraction of sp³-hybridized carbons (Fsp3) is 0.167. The smallest absolute Gasteiger partial charge is 0.269 e. The zero-order valence-corrected chi connectivity index (χ0v) is 14.3. The van der Waals surface area contributed by atoms with E-state index in [-0.39, 0.29) is 22.7 Å². The molecule has 0 bridgehead atoms. The number of hydrogen-bond donors (Lipinski definition) is 2. The molecule has 0 unspecified atom stereocenters. The molecule has 0 aliphatic carbocycles. The number of non-ortho nitro benzene ring substituents is 1. The van der Waals surface area contributed by atoms with Crippen molar-refractivity contribution in [2.75, 3.05) is 5.32 Å². The molecule has 2 N–H and O–H groups in total. The summed E-state index contributed by atoms with van der Waals surface area (Å²) >= 11 is 0. The van der Waals surface area contributed by atoms with Gasteiger partial charge >= 0.3 is 0 Å². The Hall–Kier alpha value is -3.75. The van der Waals surface area contributed by atoms with Crippen molar-refractivity contribution in [1.29, 1.82) is 0 Å². The van der Waals surface area contributed by atoms with E-state index in [4.69, 9.17) is 0 Å². The minimum absolute atomic E-state index is 0.218. The number of carboxylic acids is 1. The number of carboxylic acid groups (broad SMARTS) is 1. The van der Waals surface area contributed by atoms with E-state index in [0.29, 0.717) is 5.69 Å². The van der Waals surface area contributed by atoms with Crippen LogP contribution in [0.3, 0.4) is 0 Å². The Kier molecular flexibility index (Phi) is 6.21. The molecule has 0 aromatic heterocycles. The van der Waals surface area contributed by atoms with Gasteiger partial charge in [0.05, 0.1) is 11.0 Å². The Morgan fingerprint density at radius 3 is 2.33 bits per heavy atom. The van der Waals surface area contributed by atoms with E-state index >= 15 is 0 Å². The fourth-order valence-corrected chi connectivity index (χ4v) is 2.42. The molecule has 2 aromatic carbocycles. The lowest BCUT2D eigenvalue weighted by molar-refractivity contribution is -0.385. The standard InChI is InChI=1S/C18H17N3O6/c1-11(22)19-14-7-5-12(6-8-14)18(25)20-16(10-17(23)24)13-3-2-4-15(9-13)21(26)27/h2-9,16H,10H2,1H3,(H,19,22)(H,20,25)(H,23,24)/p-1/t16-/m1/s1. The van der Waals surface area contributed by atoms with Crippen LogP contribution in [0.4, 0.5) is 11.4 Å². The zero-order valence-electron chi connectivity index (χ0n) is 14.3. The Labute approximate surface area is 154 Å². The van der Waals surface area contributed by atoms with E-state index < -0.39 is 29.3 Å². The van der Waals surface area contributed by atoms with Gasteiger partial charge in [0.1, 0.15) is 0 Å². The lowest BCUT2D eigenvalue weighted by Gasteiger charge is -2.20. The highest BCUT2D eigenvalue weighted by Crippen LogP contribution is 2.22. The van der Waals surface area contributed by atoms with Gasteiger partial charge in [-0.1, -0.05) is 12.1 Å². The van der Waals surface area contributed by atoms with Crippen molar-refractivity contribution in [3.05, 3.63) is 69.8 Å². The van der Waals surface area contributed by atoms with Crippen LogP contribution in [0.2, 0.25) is 0 Å². The van der Waals surface area contributed by atoms with E-state index in [1.165, 1.54) is 55.5 Å². The van der Waals surface area contributed by atoms with Gasteiger partial charge in [-0.3, -0.25) is 19.7 Å². The predicted octanol–water partition coefficient (Wildman–Crippen LogP) is 1.16. The first-order valence-electron chi connectivity index (χ1n) is 7.89. The maximum Gasteiger partial charge on any atom is 0.269 e. The summed E-state index contributed by atoms with van der Waals surface area (Å²) < 4.78 is 0. The van der Waals surface area contributed by atoms with Crippen molar-refractivity contribution in [2.45, 2.75) is 19.4 Å². The molecule has 9 heteroatoms. The van der Waals surface area contributed by atoms with Gasteiger partial charge in [0.2, 0.25) is 5.91 Å². The molecule has 0 aliphatic rings. The van der Waals surface area contributed by atoms with Crippen LogP contribution in [0.1, 0.15) is 35.3 Å². The summed E-state index contributed by atoms with van der Waals surface area (Å²) in [5.41, 5.74) is 0.795. The quantitative estimate of drug-likeness (QED) is 0.553. The van der Waals surface area contributed by atoms with Gasteiger partial charge in [0, 0.05) is 42.7 Å². The normalized spacial score (nSPS) is 11.3. The lowest BCUT2D eigenvalue weighted by atomic mass is 10.0. The zero-order chi connectivity index (χ0) is 20.0. The number of nitro groups is 1. The van der Waals surface area contributed by atoms with Crippen molar-refractivity contribution in [2.24, 2.45) is 0 Å². The number of benzene rings is 2. The minimum atomic E-state index is -1.41. The number of carbonyl (C=O) groups excluding carboxylic acids is 3. The third kappa shape index (κ3) is 5.63. The summed E-state index contributed by atoms with van der Waals surface area (Å²) in [5.74, 6) is -2.23. The lowest BCUT2D eigenvalue weighted by Crippen LogP contribution is -2.34. The average molecular weight is 370 g/mol. The molecule has 140 valence electrons. The van der Waals surface area contributed by atoms with E-state index in [0.717, 1.165) is 0 Å². The average Bonchev–Trinajstić information content (AvgIpc) is 2.61. The van der Waals surface area contributed by atoms with E-state index in [9.17, 15) is 29.6 Å². The predicted molar refractivity (Wildman–Crippen MR) is 93.7 cm³/mol. The van der Waals surface area contributed by atoms with Crippen LogP contribution < -0.4 is 15.7 Å². The van der Waals surface area contributed by atoms with Crippen LogP contribution in [0, 0.1) is 10.1 Å². The Morgan fingerprint density at radius 1 is 1.11 bits per heavy atom. The number of anilines is 1. The number of aliphatic carboxylic acids is 1. The molecule has 27 heavy (non-hydrogen) atoms. The van der Waals surface area contributed by atoms with Gasteiger partial charge < -0.3 is 20.5 Å². The van der Waals surface area contributed by atoms with Crippen LogP contribution in [0.15, 0.2) is 48.5 Å². The van der Waals surface area contributed by atoms with Gasteiger partial charge in [-0.05, 0) is 29.8 Å². The number of nitro benzene ring substituents is 1.